The van der Waals surface area contributed by atoms with Crippen molar-refractivity contribution in [1.29, 1.82) is 0 Å². The number of ether oxygens (including phenoxy) is 1. The average Bonchev–Trinajstić information content (AvgIpc) is 3.45. The fraction of sp³-hybridized carbons (Fsp3) is 0.259. The van der Waals surface area contributed by atoms with E-state index >= 15 is 0 Å². The summed E-state index contributed by atoms with van der Waals surface area (Å²) in [4.78, 5) is 27.3. The molecule has 0 saturated carbocycles. The molecule has 34 heavy (non-hydrogen) atoms. The van der Waals surface area contributed by atoms with Crippen LogP contribution in [0.15, 0.2) is 76.9 Å². The van der Waals surface area contributed by atoms with Crippen LogP contribution in [0.25, 0.3) is 5.76 Å². The summed E-state index contributed by atoms with van der Waals surface area (Å²) >= 11 is 0. The van der Waals surface area contributed by atoms with Gasteiger partial charge in [0.05, 0.1) is 31.0 Å². The zero-order valence-corrected chi connectivity index (χ0v) is 18.9. The predicted molar refractivity (Wildman–Crippen MR) is 124 cm³/mol. The van der Waals surface area contributed by atoms with Gasteiger partial charge in [0.1, 0.15) is 23.1 Å². The Balaban J connectivity index is 1.69. The maximum absolute atomic E-state index is 13.6. The van der Waals surface area contributed by atoms with Gasteiger partial charge in [-0.3, -0.25) is 9.59 Å². The normalized spacial score (nSPS) is 17.4. The van der Waals surface area contributed by atoms with Gasteiger partial charge in [-0.2, -0.15) is 0 Å². The number of halogens is 1. The number of amides is 1. The Morgan fingerprint density at radius 1 is 1.06 bits per heavy atom. The van der Waals surface area contributed by atoms with Crippen molar-refractivity contribution >= 4 is 17.4 Å². The fourth-order valence-electron chi connectivity index (χ4n) is 4.01. The molecule has 1 aromatic heterocycles. The van der Waals surface area contributed by atoms with Gasteiger partial charge in [0.2, 0.25) is 0 Å². The number of hydrogen-bond donors (Lipinski definition) is 1. The molecule has 1 amide bonds. The molecule has 0 aliphatic carbocycles. The Morgan fingerprint density at radius 3 is 2.44 bits per heavy atom. The van der Waals surface area contributed by atoms with Crippen LogP contribution >= 0.6 is 0 Å². The van der Waals surface area contributed by atoms with Crippen molar-refractivity contribution in [3.63, 3.8) is 0 Å². The summed E-state index contributed by atoms with van der Waals surface area (Å²) in [5, 5.41) is 11.1. The summed E-state index contributed by atoms with van der Waals surface area (Å²) in [6.07, 6.45) is 4.61. The molecule has 0 radical (unpaired) electrons. The lowest BCUT2D eigenvalue weighted by Gasteiger charge is -2.24. The first kappa shape index (κ1) is 23.3. The largest absolute Gasteiger partial charge is 0.507 e. The van der Waals surface area contributed by atoms with E-state index < -0.39 is 23.5 Å². The van der Waals surface area contributed by atoms with Crippen molar-refractivity contribution in [3.8, 4) is 5.75 Å². The number of carbonyl (C=O) groups excluding carboxylic acids is 2. The van der Waals surface area contributed by atoms with Crippen LogP contribution in [0, 0.1) is 5.82 Å². The highest BCUT2D eigenvalue weighted by Crippen LogP contribution is 2.40. The Bertz CT molecular complexity index is 1170. The standard InChI is InChI=1S/C27H26FNO5/c1-2-3-4-15-33-21-13-9-19(10-14-21)25(30)23-24(18-7-11-20(28)12-8-18)29(27(32)26(23)31)17-22-6-5-16-34-22/h5-14,16,24,30H,2-4,15,17H2,1H3/b25-23-. The number of furan rings is 1. The van der Waals surface area contributed by atoms with Crippen LogP contribution in [0.1, 0.15) is 49.1 Å². The lowest BCUT2D eigenvalue weighted by molar-refractivity contribution is -0.140. The summed E-state index contributed by atoms with van der Waals surface area (Å²) in [5.74, 6) is -1.17. The van der Waals surface area contributed by atoms with E-state index in [-0.39, 0.29) is 17.9 Å². The minimum absolute atomic E-state index is 0.0287. The van der Waals surface area contributed by atoms with Gasteiger partial charge in [-0.05, 0) is 60.5 Å². The molecule has 2 heterocycles. The summed E-state index contributed by atoms with van der Waals surface area (Å²) in [7, 11) is 0. The second-order valence-electron chi connectivity index (χ2n) is 8.14. The molecule has 7 heteroatoms. The van der Waals surface area contributed by atoms with E-state index in [2.05, 4.69) is 6.92 Å². The number of rotatable bonds is 9. The third-order valence-electron chi connectivity index (χ3n) is 5.78. The topological polar surface area (TPSA) is 80.0 Å². The highest BCUT2D eigenvalue weighted by molar-refractivity contribution is 6.46. The average molecular weight is 464 g/mol. The SMILES string of the molecule is CCCCCOc1ccc(/C(O)=C2/C(=O)C(=O)N(Cc3ccco3)C2c2ccc(F)cc2)cc1. The third kappa shape index (κ3) is 4.88. The molecule has 1 aliphatic rings. The molecule has 1 aliphatic heterocycles. The van der Waals surface area contributed by atoms with Crippen LogP contribution in [0.2, 0.25) is 0 Å². The summed E-state index contributed by atoms with van der Waals surface area (Å²) in [6.45, 7) is 2.75. The molecular weight excluding hydrogens is 437 g/mol. The van der Waals surface area contributed by atoms with Gasteiger partial charge in [0.15, 0.2) is 0 Å². The van der Waals surface area contributed by atoms with Crippen molar-refractivity contribution in [3.05, 3.63) is 95.2 Å². The van der Waals surface area contributed by atoms with E-state index in [9.17, 15) is 19.1 Å². The first-order valence-corrected chi connectivity index (χ1v) is 11.3. The van der Waals surface area contributed by atoms with E-state index in [1.54, 1.807) is 36.4 Å². The molecular formula is C27H26FNO5. The van der Waals surface area contributed by atoms with Crippen LogP contribution in [0.3, 0.4) is 0 Å². The minimum atomic E-state index is -0.893. The van der Waals surface area contributed by atoms with Crippen molar-refractivity contribution in [2.45, 2.75) is 38.8 Å². The number of ketones is 1. The van der Waals surface area contributed by atoms with Gasteiger partial charge >= 0.3 is 0 Å². The number of Topliss-reactive ketones (excluding diaryl/α,β-unsaturated/α-hetero) is 1. The van der Waals surface area contributed by atoms with Crippen molar-refractivity contribution in [2.75, 3.05) is 6.61 Å². The maximum Gasteiger partial charge on any atom is 0.296 e. The van der Waals surface area contributed by atoms with E-state index in [0.717, 1.165) is 19.3 Å². The van der Waals surface area contributed by atoms with Crippen molar-refractivity contribution in [2.24, 2.45) is 0 Å². The summed E-state index contributed by atoms with van der Waals surface area (Å²) in [5.41, 5.74) is 0.827. The van der Waals surface area contributed by atoms with E-state index in [0.29, 0.717) is 29.2 Å². The molecule has 1 fully saturated rings. The first-order valence-electron chi connectivity index (χ1n) is 11.3. The summed E-state index contributed by atoms with van der Waals surface area (Å²) in [6, 6.07) is 14.7. The molecule has 3 aromatic rings. The van der Waals surface area contributed by atoms with Gasteiger partial charge in [-0.15, -0.1) is 0 Å². The first-order chi connectivity index (χ1) is 16.5. The van der Waals surface area contributed by atoms with Crippen LogP contribution < -0.4 is 4.74 Å². The maximum atomic E-state index is 13.6. The molecule has 176 valence electrons. The van der Waals surface area contributed by atoms with Gasteiger partial charge < -0.3 is 19.2 Å². The van der Waals surface area contributed by atoms with Gasteiger partial charge in [-0.1, -0.05) is 31.9 Å². The van der Waals surface area contributed by atoms with Crippen LogP contribution in [-0.2, 0) is 16.1 Å². The second kappa shape index (κ2) is 10.4. The molecule has 0 spiro atoms. The predicted octanol–water partition coefficient (Wildman–Crippen LogP) is 5.61. The Morgan fingerprint density at radius 2 is 1.79 bits per heavy atom. The second-order valence-corrected chi connectivity index (χ2v) is 8.14. The van der Waals surface area contributed by atoms with E-state index in [4.69, 9.17) is 9.15 Å². The van der Waals surface area contributed by atoms with Crippen molar-refractivity contribution in [1.82, 2.24) is 4.90 Å². The number of likely N-dealkylation sites (tertiary alicyclic amines) is 1. The zero-order chi connectivity index (χ0) is 24.1. The van der Waals surface area contributed by atoms with E-state index in [1.807, 2.05) is 0 Å². The summed E-state index contributed by atoms with van der Waals surface area (Å²) < 4.78 is 24.7. The lowest BCUT2D eigenvalue weighted by Crippen LogP contribution is -2.29. The Hall–Kier alpha value is -3.87. The fourth-order valence-corrected chi connectivity index (χ4v) is 4.01. The number of aliphatic hydroxyl groups is 1. The zero-order valence-electron chi connectivity index (χ0n) is 18.9. The molecule has 2 aromatic carbocycles. The number of carbonyl (C=O) groups is 2. The molecule has 1 saturated heterocycles. The molecule has 1 N–H and O–H groups in total. The van der Waals surface area contributed by atoms with Gasteiger partial charge in [-0.25, -0.2) is 4.39 Å². The number of hydrogen-bond acceptors (Lipinski definition) is 5. The minimum Gasteiger partial charge on any atom is -0.507 e. The molecule has 0 bridgehead atoms. The number of aliphatic hydroxyl groups excluding tert-OH is 1. The number of unbranched alkanes of at least 4 members (excludes halogenated alkanes) is 2. The smallest absolute Gasteiger partial charge is 0.296 e. The highest BCUT2D eigenvalue weighted by Gasteiger charge is 2.46. The third-order valence-corrected chi connectivity index (χ3v) is 5.78. The lowest BCUT2D eigenvalue weighted by atomic mass is 9.95. The van der Waals surface area contributed by atoms with Gasteiger partial charge in [0.25, 0.3) is 11.7 Å². The Labute approximate surface area is 197 Å². The van der Waals surface area contributed by atoms with Crippen molar-refractivity contribution < 1.29 is 28.2 Å². The molecule has 6 nitrogen and oxygen atoms in total. The monoisotopic (exact) mass is 463 g/mol. The molecule has 1 atom stereocenters. The number of benzene rings is 2. The Kier molecular flexibility index (Phi) is 7.11. The number of nitrogens with zero attached hydrogens (tertiary/aromatic N) is 1. The van der Waals surface area contributed by atoms with Crippen LogP contribution in [-0.4, -0.2) is 28.3 Å². The van der Waals surface area contributed by atoms with Gasteiger partial charge in [0, 0.05) is 5.56 Å². The van der Waals surface area contributed by atoms with E-state index in [1.165, 1.54) is 35.4 Å². The highest BCUT2D eigenvalue weighted by atomic mass is 19.1. The molecule has 1 unspecified atom stereocenters. The molecule has 4 rings (SSSR count). The van der Waals surface area contributed by atoms with Crippen LogP contribution in [0.5, 0.6) is 5.75 Å². The quantitative estimate of drug-likeness (QED) is 0.193. The van der Waals surface area contributed by atoms with Crippen LogP contribution in [0.4, 0.5) is 4.39 Å².